The van der Waals surface area contributed by atoms with Crippen LogP contribution in [0.2, 0.25) is 10.0 Å². The van der Waals surface area contributed by atoms with Crippen molar-refractivity contribution in [1.82, 2.24) is 14.7 Å². The summed E-state index contributed by atoms with van der Waals surface area (Å²) in [4.78, 5) is 26.3. The number of halogens is 2. The average molecular weight is 758 g/mol. The lowest BCUT2D eigenvalue weighted by molar-refractivity contribution is 0.125. The molecule has 2 amide bonds. The minimum atomic E-state index is -3.02. The SMILES string of the molecule is CCOc1cc(C(C)(C)C)ccc1/C(=N/[C@](C)(CC)Cc1ccc(Cl)cc1)N(Cc1ccc(Cl)cc1)C(=O)N1CCN(CCCS(C)(=O)=O)CC1. The number of carbonyl (C=O) groups is 1. The van der Waals surface area contributed by atoms with Gasteiger partial charge in [-0.2, -0.15) is 0 Å². The topological polar surface area (TPSA) is 82.5 Å². The number of amides is 2. The Kier molecular flexibility index (Phi) is 14.0. The third-order valence-electron chi connectivity index (χ3n) is 9.40. The number of aliphatic imine (C=N–C) groups is 1. The zero-order chi connectivity index (χ0) is 37.4. The third kappa shape index (κ3) is 12.0. The van der Waals surface area contributed by atoms with Crippen molar-refractivity contribution in [1.29, 1.82) is 0 Å². The van der Waals surface area contributed by atoms with Gasteiger partial charge in [0.25, 0.3) is 0 Å². The molecule has 11 heteroatoms. The number of carbonyl (C=O) groups excluding carboxylic acids is 1. The minimum absolute atomic E-state index is 0.117. The quantitative estimate of drug-likeness (QED) is 0.129. The van der Waals surface area contributed by atoms with Crippen LogP contribution in [0.15, 0.2) is 71.7 Å². The van der Waals surface area contributed by atoms with Crippen LogP contribution in [0.5, 0.6) is 5.75 Å². The number of ether oxygens (including phenoxy) is 1. The maximum Gasteiger partial charge on any atom is 0.326 e. The van der Waals surface area contributed by atoms with Gasteiger partial charge in [-0.3, -0.25) is 14.8 Å². The first-order valence-electron chi connectivity index (χ1n) is 17.8. The fourth-order valence-corrected chi connectivity index (χ4v) is 7.05. The highest BCUT2D eigenvalue weighted by Crippen LogP contribution is 2.33. The number of urea groups is 1. The van der Waals surface area contributed by atoms with Crippen molar-refractivity contribution >= 4 is 44.9 Å². The molecule has 1 fully saturated rings. The highest BCUT2D eigenvalue weighted by atomic mass is 35.5. The molecule has 0 bridgehead atoms. The maximum absolute atomic E-state index is 14.9. The van der Waals surface area contributed by atoms with Crippen LogP contribution in [-0.4, -0.2) is 91.9 Å². The van der Waals surface area contributed by atoms with E-state index in [2.05, 4.69) is 51.7 Å². The van der Waals surface area contributed by atoms with Crippen molar-refractivity contribution in [2.24, 2.45) is 4.99 Å². The van der Waals surface area contributed by atoms with Crippen LogP contribution in [0.4, 0.5) is 4.79 Å². The lowest BCUT2D eigenvalue weighted by Crippen LogP contribution is -2.54. The molecule has 4 rings (SSSR count). The second kappa shape index (κ2) is 17.6. The van der Waals surface area contributed by atoms with E-state index in [-0.39, 0.29) is 23.7 Å². The molecular weight excluding hydrogens is 703 g/mol. The fourth-order valence-electron chi connectivity index (χ4n) is 6.15. The Morgan fingerprint density at radius 2 is 1.47 bits per heavy atom. The van der Waals surface area contributed by atoms with Crippen molar-refractivity contribution in [3.8, 4) is 5.75 Å². The number of rotatable bonds is 13. The Hall–Kier alpha value is -3.11. The summed E-state index contributed by atoms with van der Waals surface area (Å²) in [6, 6.07) is 21.5. The van der Waals surface area contributed by atoms with Crippen molar-refractivity contribution < 1.29 is 17.9 Å². The van der Waals surface area contributed by atoms with Gasteiger partial charge in [-0.1, -0.05) is 81.2 Å². The Morgan fingerprint density at radius 1 is 0.882 bits per heavy atom. The number of amidine groups is 1. The van der Waals surface area contributed by atoms with Gasteiger partial charge >= 0.3 is 6.03 Å². The van der Waals surface area contributed by atoms with Crippen molar-refractivity contribution in [3.63, 3.8) is 0 Å². The van der Waals surface area contributed by atoms with Crippen molar-refractivity contribution in [3.05, 3.63) is 99.0 Å². The van der Waals surface area contributed by atoms with Crippen LogP contribution < -0.4 is 4.74 Å². The Bertz CT molecular complexity index is 1750. The summed E-state index contributed by atoms with van der Waals surface area (Å²) >= 11 is 12.5. The van der Waals surface area contributed by atoms with Crippen LogP contribution in [0, 0.1) is 0 Å². The number of hydrogen-bond donors (Lipinski definition) is 0. The Balaban J connectivity index is 1.82. The number of nitrogens with zero attached hydrogens (tertiary/aromatic N) is 4. The molecule has 51 heavy (non-hydrogen) atoms. The van der Waals surface area contributed by atoms with Gasteiger partial charge in [-0.05, 0) is 98.2 Å². The summed E-state index contributed by atoms with van der Waals surface area (Å²) in [5.74, 6) is 1.38. The maximum atomic E-state index is 14.9. The van der Waals surface area contributed by atoms with E-state index in [1.807, 2.05) is 66.4 Å². The minimum Gasteiger partial charge on any atom is -0.493 e. The molecule has 1 atom stereocenters. The lowest BCUT2D eigenvalue weighted by Gasteiger charge is -2.39. The van der Waals surface area contributed by atoms with E-state index in [0.29, 0.717) is 73.8 Å². The number of hydrogen-bond acceptors (Lipinski definition) is 6. The highest BCUT2D eigenvalue weighted by molar-refractivity contribution is 7.90. The standard InChI is InChI=1S/C40H54Cl2N4O4S/c1-8-40(6,28-30-11-16-33(41)17-12-30)43-37(35-20-15-32(39(3,4)5)27-36(35)50-9-2)46(29-31-13-18-34(42)19-14-31)38(47)45-24-22-44(23-25-45)21-10-26-51(7,48)49/h11-20,27H,8-10,21-26,28-29H2,1-7H3/b43-37-/t40-/m1/s1. The molecule has 3 aromatic rings. The summed E-state index contributed by atoms with van der Waals surface area (Å²) in [5.41, 5.74) is 3.20. The van der Waals surface area contributed by atoms with Crippen molar-refractivity contribution in [2.45, 2.75) is 78.3 Å². The molecule has 0 spiro atoms. The van der Waals surface area contributed by atoms with Gasteiger partial charge in [0.1, 0.15) is 21.4 Å². The van der Waals surface area contributed by atoms with E-state index in [9.17, 15) is 13.2 Å². The predicted octanol–water partition coefficient (Wildman–Crippen LogP) is 8.52. The molecule has 1 aliphatic heterocycles. The molecule has 0 aromatic heterocycles. The average Bonchev–Trinajstić information content (AvgIpc) is 3.07. The molecule has 1 saturated heterocycles. The van der Waals surface area contributed by atoms with E-state index in [4.69, 9.17) is 32.9 Å². The monoisotopic (exact) mass is 756 g/mol. The Morgan fingerprint density at radius 3 is 2.00 bits per heavy atom. The smallest absolute Gasteiger partial charge is 0.326 e. The highest BCUT2D eigenvalue weighted by Gasteiger charge is 2.33. The van der Waals surface area contributed by atoms with Gasteiger partial charge in [0.2, 0.25) is 0 Å². The molecule has 0 saturated carbocycles. The molecule has 8 nitrogen and oxygen atoms in total. The van der Waals surface area contributed by atoms with E-state index < -0.39 is 15.4 Å². The third-order valence-corrected chi connectivity index (χ3v) is 10.9. The van der Waals surface area contributed by atoms with Crippen LogP contribution >= 0.6 is 23.2 Å². The second-order valence-corrected chi connectivity index (χ2v) is 17.9. The predicted molar refractivity (Wildman–Crippen MR) is 211 cm³/mol. The van der Waals surface area contributed by atoms with Crippen LogP contribution in [0.3, 0.4) is 0 Å². The summed E-state index contributed by atoms with van der Waals surface area (Å²) in [5, 5.41) is 1.30. The molecular formula is C40H54Cl2N4O4S. The van der Waals surface area contributed by atoms with E-state index in [0.717, 1.165) is 28.7 Å². The van der Waals surface area contributed by atoms with Crippen LogP contribution in [-0.2, 0) is 28.2 Å². The molecule has 0 radical (unpaired) electrons. The van der Waals surface area contributed by atoms with Crippen molar-refractivity contribution in [2.75, 3.05) is 51.3 Å². The van der Waals surface area contributed by atoms with Crippen LogP contribution in [0.25, 0.3) is 0 Å². The normalized spacial score (nSPS) is 15.8. The first-order chi connectivity index (χ1) is 24.0. The fraction of sp³-hybridized carbons (Fsp3) is 0.500. The van der Waals surface area contributed by atoms with Gasteiger partial charge in [0.05, 0.1) is 30.0 Å². The van der Waals surface area contributed by atoms with Gasteiger partial charge in [0.15, 0.2) is 0 Å². The molecule has 3 aromatic carbocycles. The largest absolute Gasteiger partial charge is 0.493 e. The lowest BCUT2D eigenvalue weighted by atomic mass is 9.86. The zero-order valence-electron chi connectivity index (χ0n) is 31.2. The molecule has 1 heterocycles. The van der Waals surface area contributed by atoms with Gasteiger partial charge in [-0.25, -0.2) is 13.2 Å². The number of piperazine rings is 1. The van der Waals surface area contributed by atoms with E-state index >= 15 is 0 Å². The summed E-state index contributed by atoms with van der Waals surface area (Å²) in [6.07, 6.45) is 3.20. The second-order valence-electron chi connectivity index (χ2n) is 14.8. The van der Waals surface area contributed by atoms with Gasteiger partial charge in [-0.15, -0.1) is 0 Å². The molecule has 278 valence electrons. The number of benzene rings is 3. The first kappa shape index (κ1) is 40.7. The molecule has 0 aliphatic carbocycles. The molecule has 0 unspecified atom stereocenters. The van der Waals surface area contributed by atoms with Gasteiger partial charge in [0, 0.05) is 42.5 Å². The van der Waals surface area contributed by atoms with E-state index in [1.165, 1.54) is 6.26 Å². The molecule has 0 N–H and O–H groups in total. The summed E-state index contributed by atoms with van der Waals surface area (Å²) in [6.45, 7) is 16.5. The summed E-state index contributed by atoms with van der Waals surface area (Å²) < 4.78 is 29.7. The zero-order valence-corrected chi connectivity index (χ0v) is 33.5. The first-order valence-corrected chi connectivity index (χ1v) is 20.6. The Labute approximate surface area is 315 Å². The number of sulfone groups is 1. The van der Waals surface area contributed by atoms with Gasteiger partial charge < -0.3 is 9.64 Å². The summed E-state index contributed by atoms with van der Waals surface area (Å²) in [7, 11) is -3.02. The molecule has 1 aliphatic rings. The van der Waals surface area contributed by atoms with E-state index in [1.54, 1.807) is 4.90 Å². The van der Waals surface area contributed by atoms with Crippen LogP contribution in [0.1, 0.15) is 76.6 Å².